The zero-order valence-electron chi connectivity index (χ0n) is 8.68. The van der Waals surface area contributed by atoms with Crippen LogP contribution in [0.4, 0.5) is 0 Å². The van der Waals surface area contributed by atoms with Crippen LogP contribution < -0.4 is 0 Å². The van der Waals surface area contributed by atoms with E-state index in [1.54, 1.807) is 12.3 Å². The average molecular weight is 231 g/mol. The zero-order chi connectivity index (χ0) is 11.2. The lowest BCUT2D eigenvalue weighted by molar-refractivity contribution is 1.05. The molecular weight excluding hydrogens is 220 g/mol. The molecule has 0 saturated heterocycles. The van der Waals surface area contributed by atoms with Crippen LogP contribution in [-0.2, 0) is 6.54 Å². The first kappa shape index (κ1) is 10.8. The Balaban J connectivity index is 1.97. The average Bonchev–Trinajstić information content (AvgIpc) is 2.33. The molecule has 2 rings (SSSR count). The molecule has 0 radical (unpaired) electrons. The van der Waals surface area contributed by atoms with E-state index in [4.69, 9.17) is 11.6 Å². The summed E-state index contributed by atoms with van der Waals surface area (Å²) in [5.41, 5.74) is 2.15. The second-order valence-corrected chi connectivity index (χ2v) is 3.76. The molecule has 0 unspecified atom stereocenters. The minimum Gasteiger partial charge on any atom is -0.288 e. The van der Waals surface area contributed by atoms with E-state index in [0.717, 1.165) is 11.1 Å². The molecule has 2 nitrogen and oxygen atoms in total. The van der Waals surface area contributed by atoms with Gasteiger partial charge in [-0.05, 0) is 17.2 Å². The van der Waals surface area contributed by atoms with E-state index in [0.29, 0.717) is 11.7 Å². The molecule has 3 heteroatoms. The maximum atomic E-state index is 5.69. The molecule has 0 bridgehead atoms. The molecule has 1 aromatic heterocycles. The van der Waals surface area contributed by atoms with Gasteiger partial charge in [0.1, 0.15) is 5.15 Å². The van der Waals surface area contributed by atoms with Crippen molar-refractivity contribution in [2.45, 2.75) is 6.54 Å². The van der Waals surface area contributed by atoms with Gasteiger partial charge in [0.15, 0.2) is 0 Å². The quantitative estimate of drug-likeness (QED) is 0.586. The van der Waals surface area contributed by atoms with E-state index >= 15 is 0 Å². The largest absolute Gasteiger partial charge is 0.288 e. The van der Waals surface area contributed by atoms with Gasteiger partial charge in [0.05, 0.1) is 6.54 Å². The third-order valence-corrected chi connectivity index (χ3v) is 2.33. The van der Waals surface area contributed by atoms with E-state index in [9.17, 15) is 0 Å². The normalized spacial score (nSPS) is 10.8. The molecule has 0 atom stereocenters. The van der Waals surface area contributed by atoms with Gasteiger partial charge in [0, 0.05) is 12.4 Å². The van der Waals surface area contributed by atoms with Crippen LogP contribution in [0.2, 0.25) is 5.15 Å². The van der Waals surface area contributed by atoms with Crippen molar-refractivity contribution in [3.63, 3.8) is 0 Å². The van der Waals surface area contributed by atoms with Gasteiger partial charge in [-0.25, -0.2) is 4.98 Å². The Morgan fingerprint density at radius 3 is 2.62 bits per heavy atom. The molecular formula is C13H11ClN2. The molecule has 1 aromatic carbocycles. The summed E-state index contributed by atoms with van der Waals surface area (Å²) in [4.78, 5) is 8.33. The molecule has 0 fully saturated rings. The van der Waals surface area contributed by atoms with E-state index in [1.165, 1.54) is 0 Å². The van der Waals surface area contributed by atoms with Gasteiger partial charge in [0.2, 0.25) is 0 Å². The van der Waals surface area contributed by atoms with E-state index in [2.05, 4.69) is 9.98 Å². The summed E-state index contributed by atoms with van der Waals surface area (Å²) in [6.45, 7) is 0.624. The van der Waals surface area contributed by atoms with Crippen molar-refractivity contribution in [1.82, 2.24) is 4.98 Å². The van der Waals surface area contributed by atoms with Crippen molar-refractivity contribution in [1.29, 1.82) is 0 Å². The molecule has 0 spiro atoms. The first-order chi connectivity index (χ1) is 7.84. The number of nitrogens with zero attached hydrogens (tertiary/aromatic N) is 2. The van der Waals surface area contributed by atoms with E-state index in [-0.39, 0.29) is 0 Å². The summed E-state index contributed by atoms with van der Waals surface area (Å²) < 4.78 is 0. The minimum atomic E-state index is 0.510. The van der Waals surface area contributed by atoms with Crippen LogP contribution in [0.3, 0.4) is 0 Å². The lowest BCUT2D eigenvalue weighted by atomic mass is 10.2. The smallest absolute Gasteiger partial charge is 0.129 e. The highest BCUT2D eigenvalue weighted by molar-refractivity contribution is 6.29. The van der Waals surface area contributed by atoms with Gasteiger partial charge in [-0.3, -0.25) is 4.99 Å². The molecule has 16 heavy (non-hydrogen) atoms. The third kappa shape index (κ3) is 3.17. The Morgan fingerprint density at radius 1 is 1.12 bits per heavy atom. The monoisotopic (exact) mass is 230 g/mol. The molecule has 0 saturated carbocycles. The van der Waals surface area contributed by atoms with Crippen LogP contribution in [0.5, 0.6) is 0 Å². The molecule has 2 aromatic rings. The van der Waals surface area contributed by atoms with Gasteiger partial charge in [-0.15, -0.1) is 0 Å². The van der Waals surface area contributed by atoms with Crippen LogP contribution in [-0.4, -0.2) is 11.2 Å². The molecule has 80 valence electrons. The number of hydrogen-bond donors (Lipinski definition) is 0. The number of hydrogen-bond acceptors (Lipinski definition) is 2. The summed E-state index contributed by atoms with van der Waals surface area (Å²) in [5.74, 6) is 0. The maximum Gasteiger partial charge on any atom is 0.129 e. The van der Waals surface area contributed by atoms with Gasteiger partial charge < -0.3 is 0 Å². The van der Waals surface area contributed by atoms with Gasteiger partial charge in [-0.2, -0.15) is 0 Å². The minimum absolute atomic E-state index is 0.510. The second-order valence-electron chi connectivity index (χ2n) is 3.37. The molecule has 0 N–H and O–H groups in total. The lowest BCUT2D eigenvalue weighted by Gasteiger charge is -1.95. The fourth-order valence-corrected chi connectivity index (χ4v) is 1.41. The van der Waals surface area contributed by atoms with Crippen molar-refractivity contribution < 1.29 is 0 Å². The Bertz CT molecular complexity index is 463. The summed E-state index contributed by atoms with van der Waals surface area (Å²) in [5, 5.41) is 0.510. The van der Waals surface area contributed by atoms with Crippen molar-refractivity contribution in [3.8, 4) is 0 Å². The number of pyridine rings is 1. The summed E-state index contributed by atoms with van der Waals surface area (Å²) in [6, 6.07) is 13.7. The van der Waals surface area contributed by atoms with Crippen LogP contribution in [0.25, 0.3) is 0 Å². The third-order valence-electron chi connectivity index (χ3n) is 2.10. The van der Waals surface area contributed by atoms with Crippen molar-refractivity contribution in [2.75, 3.05) is 0 Å². The van der Waals surface area contributed by atoms with Crippen molar-refractivity contribution in [3.05, 3.63) is 64.9 Å². The molecule has 0 aliphatic heterocycles. The van der Waals surface area contributed by atoms with Crippen molar-refractivity contribution >= 4 is 17.8 Å². The first-order valence-electron chi connectivity index (χ1n) is 5.00. The second kappa shape index (κ2) is 5.42. The first-order valence-corrected chi connectivity index (χ1v) is 5.38. The van der Waals surface area contributed by atoms with E-state index in [1.807, 2.05) is 42.6 Å². The van der Waals surface area contributed by atoms with Gasteiger partial charge in [-0.1, -0.05) is 48.0 Å². The summed E-state index contributed by atoms with van der Waals surface area (Å²) in [6.07, 6.45) is 3.60. The zero-order valence-corrected chi connectivity index (χ0v) is 9.43. The Kier molecular flexibility index (Phi) is 3.67. The van der Waals surface area contributed by atoms with Crippen LogP contribution in [0.1, 0.15) is 11.1 Å². The fraction of sp³-hybridized carbons (Fsp3) is 0.0769. The number of aromatic nitrogens is 1. The topological polar surface area (TPSA) is 25.2 Å². The molecule has 0 amide bonds. The molecule has 1 heterocycles. The molecule has 0 aliphatic carbocycles. The predicted molar refractivity (Wildman–Crippen MR) is 67.0 cm³/mol. The highest BCUT2D eigenvalue weighted by atomic mass is 35.5. The number of benzene rings is 1. The number of halogens is 1. The van der Waals surface area contributed by atoms with Crippen LogP contribution in [0.15, 0.2) is 53.7 Å². The van der Waals surface area contributed by atoms with Crippen LogP contribution in [0, 0.1) is 0 Å². The Morgan fingerprint density at radius 2 is 1.94 bits per heavy atom. The summed E-state index contributed by atoms with van der Waals surface area (Å²) >= 11 is 5.69. The Hall–Kier alpha value is -1.67. The highest BCUT2D eigenvalue weighted by Crippen LogP contribution is 2.06. The van der Waals surface area contributed by atoms with Crippen LogP contribution >= 0.6 is 11.6 Å². The van der Waals surface area contributed by atoms with Crippen molar-refractivity contribution in [2.24, 2.45) is 4.99 Å². The lowest BCUT2D eigenvalue weighted by Crippen LogP contribution is -1.85. The standard InChI is InChI=1S/C13H11ClN2/c14-13-7-6-12(10-16-13)9-15-8-11-4-2-1-3-5-11/h1-8,10H,9H2. The number of rotatable bonds is 3. The predicted octanol–water partition coefficient (Wildman–Crippen LogP) is 3.35. The highest BCUT2D eigenvalue weighted by Gasteiger charge is 1.91. The summed E-state index contributed by atoms with van der Waals surface area (Å²) in [7, 11) is 0. The number of aliphatic imine (C=N–C) groups is 1. The van der Waals surface area contributed by atoms with Gasteiger partial charge >= 0.3 is 0 Å². The SMILES string of the molecule is Clc1ccc(CN=Cc2ccccc2)cn1. The Labute approximate surface area is 99.6 Å². The molecule has 0 aliphatic rings. The fourth-order valence-electron chi connectivity index (χ4n) is 1.30. The maximum absolute atomic E-state index is 5.69. The van der Waals surface area contributed by atoms with Gasteiger partial charge in [0.25, 0.3) is 0 Å². The van der Waals surface area contributed by atoms with E-state index < -0.39 is 0 Å².